The number of ether oxygens (including phenoxy) is 2. The SMILES string of the molecule is C=C(C)C(=O)OCC1CC(C(=O)OCC)CCC1O. The molecule has 1 aliphatic rings. The van der Waals surface area contributed by atoms with Gasteiger partial charge in [0.1, 0.15) is 0 Å². The van der Waals surface area contributed by atoms with Crippen molar-refractivity contribution in [3.63, 3.8) is 0 Å². The number of carbonyl (C=O) groups excluding carboxylic acids is 2. The van der Waals surface area contributed by atoms with Crippen LogP contribution in [0.1, 0.15) is 33.1 Å². The summed E-state index contributed by atoms with van der Waals surface area (Å²) in [5.74, 6) is -1.13. The first-order chi connectivity index (χ1) is 8.95. The lowest BCUT2D eigenvalue weighted by Crippen LogP contribution is -2.36. The zero-order valence-electron chi connectivity index (χ0n) is 11.6. The predicted molar refractivity (Wildman–Crippen MR) is 69.2 cm³/mol. The van der Waals surface area contributed by atoms with Crippen molar-refractivity contribution in [3.05, 3.63) is 12.2 Å². The predicted octanol–water partition coefficient (Wildman–Crippen LogP) is 1.45. The van der Waals surface area contributed by atoms with Gasteiger partial charge in [0.05, 0.1) is 25.2 Å². The minimum atomic E-state index is -0.538. The van der Waals surface area contributed by atoms with Gasteiger partial charge in [0.25, 0.3) is 0 Å². The van der Waals surface area contributed by atoms with Gasteiger partial charge in [-0.15, -0.1) is 0 Å². The van der Waals surface area contributed by atoms with E-state index in [0.717, 1.165) is 0 Å². The third-order valence-electron chi connectivity index (χ3n) is 3.34. The van der Waals surface area contributed by atoms with Crippen molar-refractivity contribution in [2.75, 3.05) is 13.2 Å². The fourth-order valence-corrected chi connectivity index (χ4v) is 2.21. The summed E-state index contributed by atoms with van der Waals surface area (Å²) in [6.45, 7) is 7.30. The molecule has 1 rings (SSSR count). The highest BCUT2D eigenvalue weighted by molar-refractivity contribution is 5.86. The van der Waals surface area contributed by atoms with E-state index in [2.05, 4.69) is 6.58 Å². The first-order valence-electron chi connectivity index (χ1n) is 6.63. The van der Waals surface area contributed by atoms with Crippen LogP contribution in [0.15, 0.2) is 12.2 Å². The van der Waals surface area contributed by atoms with E-state index in [1.54, 1.807) is 13.8 Å². The number of esters is 2. The molecule has 3 atom stereocenters. The Kier molecular flexibility index (Phi) is 6.02. The molecule has 5 nitrogen and oxygen atoms in total. The van der Waals surface area contributed by atoms with E-state index >= 15 is 0 Å². The molecule has 1 N–H and O–H groups in total. The van der Waals surface area contributed by atoms with E-state index in [-0.39, 0.29) is 24.4 Å². The van der Waals surface area contributed by atoms with Crippen molar-refractivity contribution in [2.24, 2.45) is 11.8 Å². The summed E-state index contributed by atoms with van der Waals surface area (Å²) in [5.41, 5.74) is 0.326. The largest absolute Gasteiger partial charge is 0.466 e. The van der Waals surface area contributed by atoms with Crippen LogP contribution >= 0.6 is 0 Å². The van der Waals surface area contributed by atoms with Gasteiger partial charge in [-0.1, -0.05) is 6.58 Å². The van der Waals surface area contributed by atoms with Gasteiger partial charge in [0, 0.05) is 11.5 Å². The van der Waals surface area contributed by atoms with Crippen molar-refractivity contribution >= 4 is 11.9 Å². The normalized spacial score (nSPS) is 26.6. The Morgan fingerprint density at radius 3 is 2.58 bits per heavy atom. The molecular weight excluding hydrogens is 248 g/mol. The van der Waals surface area contributed by atoms with Gasteiger partial charge in [-0.25, -0.2) is 4.79 Å². The summed E-state index contributed by atoms with van der Waals surface area (Å²) < 4.78 is 10.0. The molecule has 0 aromatic carbocycles. The molecule has 0 heterocycles. The van der Waals surface area contributed by atoms with Gasteiger partial charge in [0.2, 0.25) is 0 Å². The quantitative estimate of drug-likeness (QED) is 0.604. The molecule has 0 saturated heterocycles. The van der Waals surface area contributed by atoms with Gasteiger partial charge in [-0.05, 0) is 33.1 Å². The molecule has 108 valence electrons. The number of carbonyl (C=O) groups is 2. The van der Waals surface area contributed by atoms with E-state index in [1.807, 2.05) is 0 Å². The van der Waals surface area contributed by atoms with Gasteiger partial charge in [-0.2, -0.15) is 0 Å². The maximum absolute atomic E-state index is 11.7. The van der Waals surface area contributed by atoms with Crippen molar-refractivity contribution in [1.82, 2.24) is 0 Å². The second-order valence-electron chi connectivity index (χ2n) is 4.97. The van der Waals surface area contributed by atoms with E-state index in [4.69, 9.17) is 9.47 Å². The molecule has 5 heteroatoms. The van der Waals surface area contributed by atoms with Crippen LogP contribution in [-0.2, 0) is 19.1 Å². The molecule has 0 bridgehead atoms. The monoisotopic (exact) mass is 270 g/mol. The molecule has 0 aromatic heterocycles. The zero-order chi connectivity index (χ0) is 14.4. The van der Waals surface area contributed by atoms with Crippen LogP contribution in [0, 0.1) is 11.8 Å². The van der Waals surface area contributed by atoms with Crippen LogP contribution in [0.5, 0.6) is 0 Å². The van der Waals surface area contributed by atoms with Crippen LogP contribution in [0.3, 0.4) is 0 Å². The van der Waals surface area contributed by atoms with E-state index in [9.17, 15) is 14.7 Å². The maximum Gasteiger partial charge on any atom is 0.333 e. The van der Waals surface area contributed by atoms with Crippen molar-refractivity contribution in [3.8, 4) is 0 Å². The average Bonchev–Trinajstić information content (AvgIpc) is 2.37. The molecule has 3 unspecified atom stereocenters. The number of hydrogen-bond acceptors (Lipinski definition) is 5. The third kappa shape index (κ3) is 4.67. The minimum Gasteiger partial charge on any atom is -0.466 e. The lowest BCUT2D eigenvalue weighted by atomic mass is 9.80. The molecule has 19 heavy (non-hydrogen) atoms. The van der Waals surface area contributed by atoms with E-state index in [0.29, 0.717) is 31.4 Å². The number of aliphatic hydroxyl groups is 1. The summed E-state index contributed by atoms with van der Waals surface area (Å²) in [5, 5.41) is 9.88. The average molecular weight is 270 g/mol. The molecule has 0 amide bonds. The molecule has 0 aliphatic heterocycles. The minimum absolute atomic E-state index is 0.114. The van der Waals surface area contributed by atoms with Crippen molar-refractivity contribution < 1.29 is 24.2 Å². The van der Waals surface area contributed by atoms with Gasteiger partial charge >= 0.3 is 11.9 Å². The molecule has 1 fully saturated rings. The molecule has 1 aliphatic carbocycles. The summed E-state index contributed by atoms with van der Waals surface area (Å²) in [7, 11) is 0. The number of rotatable bonds is 5. The Bertz CT molecular complexity index is 350. The topological polar surface area (TPSA) is 72.8 Å². The van der Waals surface area contributed by atoms with Crippen LogP contribution in [0.4, 0.5) is 0 Å². The zero-order valence-corrected chi connectivity index (χ0v) is 11.6. The first kappa shape index (κ1) is 15.7. The Labute approximate surface area is 113 Å². The smallest absolute Gasteiger partial charge is 0.333 e. The van der Waals surface area contributed by atoms with Gasteiger partial charge < -0.3 is 14.6 Å². The molecule has 0 aromatic rings. The highest BCUT2D eigenvalue weighted by Gasteiger charge is 2.34. The van der Waals surface area contributed by atoms with Crippen LogP contribution in [0.25, 0.3) is 0 Å². The van der Waals surface area contributed by atoms with E-state index < -0.39 is 12.1 Å². The highest BCUT2D eigenvalue weighted by Crippen LogP contribution is 2.30. The van der Waals surface area contributed by atoms with Crippen molar-refractivity contribution in [1.29, 1.82) is 0 Å². The van der Waals surface area contributed by atoms with E-state index in [1.165, 1.54) is 0 Å². The Hall–Kier alpha value is -1.36. The van der Waals surface area contributed by atoms with Gasteiger partial charge in [-0.3, -0.25) is 4.79 Å². The Morgan fingerprint density at radius 1 is 1.32 bits per heavy atom. The molecule has 0 radical (unpaired) electrons. The maximum atomic E-state index is 11.7. The summed E-state index contributed by atoms with van der Waals surface area (Å²) in [4.78, 5) is 23.0. The molecular formula is C14H22O5. The third-order valence-corrected chi connectivity index (χ3v) is 3.34. The Morgan fingerprint density at radius 2 is 2.00 bits per heavy atom. The summed E-state index contributed by atoms with van der Waals surface area (Å²) >= 11 is 0. The van der Waals surface area contributed by atoms with Gasteiger partial charge in [0.15, 0.2) is 0 Å². The fraction of sp³-hybridized carbons (Fsp3) is 0.714. The fourth-order valence-electron chi connectivity index (χ4n) is 2.21. The van der Waals surface area contributed by atoms with Crippen LogP contribution in [0.2, 0.25) is 0 Å². The Balaban J connectivity index is 2.49. The first-order valence-corrected chi connectivity index (χ1v) is 6.63. The lowest BCUT2D eigenvalue weighted by Gasteiger charge is -2.31. The lowest BCUT2D eigenvalue weighted by molar-refractivity contribution is -0.152. The number of hydrogen-bond donors (Lipinski definition) is 1. The van der Waals surface area contributed by atoms with Crippen LogP contribution in [-0.4, -0.2) is 36.4 Å². The molecule has 1 saturated carbocycles. The van der Waals surface area contributed by atoms with Crippen molar-refractivity contribution in [2.45, 2.75) is 39.2 Å². The summed E-state index contributed by atoms with van der Waals surface area (Å²) in [6.07, 6.45) is 1.09. The second-order valence-corrected chi connectivity index (χ2v) is 4.97. The second kappa shape index (κ2) is 7.28. The molecule has 0 spiro atoms. The summed E-state index contributed by atoms with van der Waals surface area (Å²) in [6, 6.07) is 0. The standard InChI is InChI=1S/C14H22O5/c1-4-18-14(17)10-5-6-12(15)11(7-10)8-19-13(16)9(2)3/h10-12,15H,2,4-8H2,1,3H3. The highest BCUT2D eigenvalue weighted by atomic mass is 16.5. The van der Waals surface area contributed by atoms with Crippen LogP contribution < -0.4 is 0 Å². The number of aliphatic hydroxyl groups excluding tert-OH is 1.